The van der Waals surface area contributed by atoms with E-state index >= 15 is 0 Å². The molecule has 0 aliphatic heterocycles. The molecule has 1 unspecified atom stereocenters. The normalized spacial score (nSPS) is 15.7. The van der Waals surface area contributed by atoms with Crippen molar-refractivity contribution in [2.75, 3.05) is 11.9 Å². The Labute approximate surface area is 130 Å². The van der Waals surface area contributed by atoms with Gasteiger partial charge in [0.05, 0.1) is 5.56 Å². The molecule has 0 aromatic carbocycles. The highest BCUT2D eigenvalue weighted by Gasteiger charge is 2.21. The fourth-order valence-electron chi connectivity index (χ4n) is 2.83. The molecule has 0 bridgehead atoms. The highest BCUT2D eigenvalue weighted by atomic mass is 32.1. The summed E-state index contributed by atoms with van der Waals surface area (Å²) >= 11 is 1.59. The maximum absolute atomic E-state index is 12.1. The molecule has 1 amide bonds. The van der Waals surface area contributed by atoms with Crippen LogP contribution in [-0.4, -0.2) is 18.5 Å². The number of thiophene rings is 1. The van der Waals surface area contributed by atoms with Crippen molar-refractivity contribution in [3.8, 4) is 6.07 Å². The quantitative estimate of drug-likeness (QED) is 0.821. The van der Waals surface area contributed by atoms with E-state index in [0.717, 1.165) is 30.8 Å². The Morgan fingerprint density at radius 1 is 1.38 bits per heavy atom. The maximum atomic E-state index is 12.1. The molecule has 5 heteroatoms. The molecule has 0 saturated heterocycles. The van der Waals surface area contributed by atoms with E-state index in [1.165, 1.54) is 23.3 Å². The van der Waals surface area contributed by atoms with Crippen molar-refractivity contribution >= 4 is 22.2 Å². The summed E-state index contributed by atoms with van der Waals surface area (Å²) in [6.07, 6.45) is 6.00. The summed E-state index contributed by atoms with van der Waals surface area (Å²) in [6, 6.07) is 2.45. The molecule has 1 aromatic heterocycles. The first-order chi connectivity index (χ1) is 10.2. The molecule has 0 fully saturated rings. The molecule has 0 saturated carbocycles. The van der Waals surface area contributed by atoms with Gasteiger partial charge in [0.2, 0.25) is 5.91 Å². The van der Waals surface area contributed by atoms with E-state index in [1.807, 2.05) is 13.8 Å². The van der Waals surface area contributed by atoms with Crippen LogP contribution < -0.4 is 10.6 Å². The molecular weight excluding hydrogens is 282 g/mol. The van der Waals surface area contributed by atoms with Gasteiger partial charge in [-0.15, -0.1) is 11.3 Å². The summed E-state index contributed by atoms with van der Waals surface area (Å²) in [7, 11) is 0. The van der Waals surface area contributed by atoms with Crippen molar-refractivity contribution < 1.29 is 4.79 Å². The van der Waals surface area contributed by atoms with Crippen molar-refractivity contribution in [2.45, 2.75) is 58.4 Å². The molecule has 114 valence electrons. The lowest BCUT2D eigenvalue weighted by Crippen LogP contribution is -2.30. The number of hydrogen-bond acceptors (Lipinski definition) is 4. The van der Waals surface area contributed by atoms with E-state index in [0.29, 0.717) is 12.0 Å². The zero-order valence-corrected chi connectivity index (χ0v) is 13.6. The van der Waals surface area contributed by atoms with Gasteiger partial charge >= 0.3 is 0 Å². The van der Waals surface area contributed by atoms with E-state index < -0.39 is 0 Å². The molecule has 21 heavy (non-hydrogen) atoms. The molecule has 2 N–H and O–H groups in total. The Morgan fingerprint density at radius 3 is 2.86 bits per heavy atom. The average molecular weight is 305 g/mol. The minimum atomic E-state index is -0.0173. The minimum absolute atomic E-state index is 0.0173. The fourth-order valence-corrected chi connectivity index (χ4v) is 4.08. The van der Waals surface area contributed by atoms with Gasteiger partial charge in [-0.05, 0) is 44.7 Å². The number of fused-ring (bicyclic) bond motifs is 1. The maximum Gasteiger partial charge on any atom is 0.226 e. The average Bonchev–Trinajstić information content (AvgIpc) is 2.59. The van der Waals surface area contributed by atoms with E-state index in [4.69, 9.17) is 0 Å². The summed E-state index contributed by atoms with van der Waals surface area (Å²) in [4.78, 5) is 13.4. The van der Waals surface area contributed by atoms with E-state index in [9.17, 15) is 10.1 Å². The van der Waals surface area contributed by atoms with Gasteiger partial charge in [-0.2, -0.15) is 5.26 Å². The highest BCUT2D eigenvalue weighted by Crippen LogP contribution is 2.37. The molecule has 0 spiro atoms. The van der Waals surface area contributed by atoms with Gasteiger partial charge in [-0.3, -0.25) is 4.79 Å². The second kappa shape index (κ2) is 7.58. The Kier molecular flexibility index (Phi) is 5.77. The molecule has 1 atom stereocenters. The second-order valence-corrected chi connectivity index (χ2v) is 6.70. The predicted octanol–water partition coefficient (Wildman–Crippen LogP) is 3.22. The van der Waals surface area contributed by atoms with Crippen molar-refractivity contribution in [3.63, 3.8) is 0 Å². The van der Waals surface area contributed by atoms with Gasteiger partial charge < -0.3 is 10.6 Å². The van der Waals surface area contributed by atoms with Crippen molar-refractivity contribution in [2.24, 2.45) is 0 Å². The zero-order valence-electron chi connectivity index (χ0n) is 12.8. The molecule has 1 aliphatic carbocycles. The molecular formula is C16H23N3OS. The van der Waals surface area contributed by atoms with Crippen LogP contribution in [0.4, 0.5) is 5.00 Å². The SMILES string of the molecule is CCNC(C)CC(=O)Nc1sc2c(c1C#N)CCCCC2. The van der Waals surface area contributed by atoms with Crippen LogP contribution >= 0.6 is 11.3 Å². The monoisotopic (exact) mass is 305 g/mol. The topological polar surface area (TPSA) is 64.9 Å². The highest BCUT2D eigenvalue weighted by molar-refractivity contribution is 7.16. The van der Waals surface area contributed by atoms with Crippen molar-refractivity contribution in [1.82, 2.24) is 5.32 Å². The van der Waals surface area contributed by atoms with Crippen LogP contribution in [0.25, 0.3) is 0 Å². The number of nitriles is 1. The van der Waals surface area contributed by atoms with Crippen LogP contribution in [-0.2, 0) is 17.6 Å². The Bertz CT molecular complexity index is 544. The van der Waals surface area contributed by atoms with E-state index in [-0.39, 0.29) is 11.9 Å². The third-order valence-electron chi connectivity index (χ3n) is 3.83. The molecule has 0 radical (unpaired) electrons. The Balaban J connectivity index is 2.10. The first kappa shape index (κ1) is 16.0. The van der Waals surface area contributed by atoms with Gasteiger partial charge in [-0.25, -0.2) is 0 Å². The summed E-state index contributed by atoms with van der Waals surface area (Å²) in [5, 5.41) is 16.3. The standard InChI is InChI=1S/C16H23N3OS/c1-3-18-11(2)9-15(20)19-16-13(10-17)12-7-5-4-6-8-14(12)21-16/h11,18H,3-9H2,1-2H3,(H,19,20). The van der Waals surface area contributed by atoms with Crippen molar-refractivity contribution in [3.05, 3.63) is 16.0 Å². The smallest absolute Gasteiger partial charge is 0.226 e. The van der Waals surface area contributed by atoms with Crippen LogP contribution in [0, 0.1) is 11.3 Å². The number of carbonyl (C=O) groups is 1. The number of nitrogens with one attached hydrogen (secondary N) is 2. The van der Waals surface area contributed by atoms with Gasteiger partial charge in [0.15, 0.2) is 0 Å². The lowest BCUT2D eigenvalue weighted by molar-refractivity contribution is -0.116. The number of hydrogen-bond donors (Lipinski definition) is 2. The van der Waals surface area contributed by atoms with Gasteiger partial charge in [0.25, 0.3) is 0 Å². The molecule has 1 aliphatic rings. The molecule has 4 nitrogen and oxygen atoms in total. The van der Waals surface area contributed by atoms with E-state index in [2.05, 4.69) is 16.7 Å². The minimum Gasteiger partial charge on any atom is -0.317 e. The van der Waals surface area contributed by atoms with Crippen molar-refractivity contribution in [1.29, 1.82) is 5.26 Å². The van der Waals surface area contributed by atoms with Crippen LogP contribution in [0.15, 0.2) is 0 Å². The summed E-state index contributed by atoms with van der Waals surface area (Å²) in [5.41, 5.74) is 1.87. The predicted molar refractivity (Wildman–Crippen MR) is 86.7 cm³/mol. The van der Waals surface area contributed by atoms with Gasteiger partial charge in [-0.1, -0.05) is 13.3 Å². The first-order valence-corrected chi connectivity index (χ1v) is 8.55. The lowest BCUT2D eigenvalue weighted by Gasteiger charge is -2.11. The zero-order chi connectivity index (χ0) is 15.2. The lowest BCUT2D eigenvalue weighted by atomic mass is 10.1. The van der Waals surface area contributed by atoms with Gasteiger partial charge in [0, 0.05) is 17.3 Å². The van der Waals surface area contributed by atoms with Crippen LogP contribution in [0.1, 0.15) is 55.5 Å². The van der Waals surface area contributed by atoms with Crippen LogP contribution in [0.5, 0.6) is 0 Å². The fraction of sp³-hybridized carbons (Fsp3) is 0.625. The Hall–Kier alpha value is -1.38. The largest absolute Gasteiger partial charge is 0.317 e. The third-order valence-corrected chi connectivity index (χ3v) is 5.04. The summed E-state index contributed by atoms with van der Waals surface area (Å²) in [5.74, 6) is -0.0173. The number of nitrogens with zero attached hydrogens (tertiary/aromatic N) is 1. The first-order valence-electron chi connectivity index (χ1n) is 7.73. The third kappa shape index (κ3) is 4.05. The van der Waals surface area contributed by atoms with Crippen LogP contribution in [0.2, 0.25) is 0 Å². The van der Waals surface area contributed by atoms with Crippen LogP contribution in [0.3, 0.4) is 0 Å². The number of amides is 1. The summed E-state index contributed by atoms with van der Waals surface area (Å²) in [6.45, 7) is 4.88. The molecule has 2 rings (SSSR count). The number of carbonyl (C=O) groups excluding carboxylic acids is 1. The Morgan fingerprint density at radius 2 is 2.14 bits per heavy atom. The number of aryl methyl sites for hydroxylation is 1. The van der Waals surface area contributed by atoms with E-state index in [1.54, 1.807) is 11.3 Å². The van der Waals surface area contributed by atoms with Gasteiger partial charge in [0.1, 0.15) is 11.1 Å². The molecule has 1 aromatic rings. The summed E-state index contributed by atoms with van der Waals surface area (Å²) < 4.78 is 0. The number of anilines is 1. The number of rotatable bonds is 5. The second-order valence-electron chi connectivity index (χ2n) is 5.59. The molecule has 1 heterocycles.